The second-order valence-corrected chi connectivity index (χ2v) is 6.57. The van der Waals surface area contributed by atoms with Gasteiger partial charge in [-0.1, -0.05) is 18.2 Å². The maximum atomic E-state index is 12.4. The van der Waals surface area contributed by atoms with E-state index in [4.69, 9.17) is 5.73 Å². The summed E-state index contributed by atoms with van der Waals surface area (Å²) in [4.78, 5) is 34.6. The number of pyridine rings is 1. The van der Waals surface area contributed by atoms with Crippen LogP contribution in [0.1, 0.15) is 35.1 Å². The van der Waals surface area contributed by atoms with Crippen molar-refractivity contribution in [1.29, 1.82) is 0 Å². The van der Waals surface area contributed by atoms with Gasteiger partial charge in [-0.15, -0.1) is 0 Å². The molecule has 1 aromatic heterocycles. The summed E-state index contributed by atoms with van der Waals surface area (Å²) < 4.78 is 0. The standard InChI is InChI=1S/C19H21N5O2/c1-12-6-4-9-15(21-12)17(26)22-14-8-5-7-13(10-14)19(2)11-16(25)24(3)18(20)23-19/h4-10H,11H2,1-3H3,(H2,20,23)(H,22,26). The van der Waals surface area contributed by atoms with Crippen LogP contribution in [0.4, 0.5) is 5.69 Å². The predicted octanol–water partition coefficient (Wildman–Crippen LogP) is 2.03. The molecule has 2 amide bonds. The fourth-order valence-electron chi connectivity index (χ4n) is 2.87. The Morgan fingerprint density at radius 3 is 2.69 bits per heavy atom. The number of carbonyl (C=O) groups is 2. The first kappa shape index (κ1) is 17.6. The van der Waals surface area contributed by atoms with Gasteiger partial charge in [-0.25, -0.2) is 9.98 Å². The monoisotopic (exact) mass is 351 g/mol. The number of amides is 2. The van der Waals surface area contributed by atoms with Crippen molar-refractivity contribution in [1.82, 2.24) is 9.88 Å². The van der Waals surface area contributed by atoms with Crippen LogP contribution < -0.4 is 11.1 Å². The fraction of sp³-hybridized carbons (Fsp3) is 0.263. The zero-order valence-corrected chi connectivity index (χ0v) is 15.0. The third-order valence-corrected chi connectivity index (χ3v) is 4.44. The molecule has 0 fully saturated rings. The van der Waals surface area contributed by atoms with E-state index in [9.17, 15) is 9.59 Å². The number of nitrogens with one attached hydrogen (secondary N) is 1. The molecule has 134 valence electrons. The Morgan fingerprint density at radius 2 is 2.00 bits per heavy atom. The Labute approximate surface area is 151 Å². The van der Waals surface area contributed by atoms with E-state index in [0.29, 0.717) is 11.4 Å². The first-order valence-electron chi connectivity index (χ1n) is 8.26. The lowest BCUT2D eigenvalue weighted by molar-refractivity contribution is -0.128. The van der Waals surface area contributed by atoms with E-state index in [1.807, 2.05) is 38.1 Å². The van der Waals surface area contributed by atoms with Crippen molar-refractivity contribution in [2.75, 3.05) is 12.4 Å². The zero-order valence-electron chi connectivity index (χ0n) is 15.0. The van der Waals surface area contributed by atoms with Crippen molar-refractivity contribution in [2.45, 2.75) is 25.8 Å². The first-order chi connectivity index (χ1) is 12.3. The third-order valence-electron chi connectivity index (χ3n) is 4.44. The van der Waals surface area contributed by atoms with Crippen LogP contribution in [-0.4, -0.2) is 34.7 Å². The highest BCUT2D eigenvalue weighted by Gasteiger charge is 2.36. The SMILES string of the molecule is Cc1cccc(C(=O)Nc2cccc(C3(C)CC(=O)N(C)C(N)=N3)c2)n1. The summed E-state index contributed by atoms with van der Waals surface area (Å²) in [6, 6.07) is 12.6. The van der Waals surface area contributed by atoms with E-state index < -0.39 is 5.54 Å². The summed E-state index contributed by atoms with van der Waals surface area (Å²) in [6.07, 6.45) is 0.209. The van der Waals surface area contributed by atoms with Crippen LogP contribution in [-0.2, 0) is 10.3 Å². The van der Waals surface area contributed by atoms with Gasteiger partial charge in [0.2, 0.25) is 5.91 Å². The van der Waals surface area contributed by atoms with Crippen molar-refractivity contribution in [3.8, 4) is 0 Å². The number of aromatic nitrogens is 1. The average Bonchev–Trinajstić information content (AvgIpc) is 2.60. The maximum Gasteiger partial charge on any atom is 0.274 e. The minimum Gasteiger partial charge on any atom is -0.369 e. The number of anilines is 1. The van der Waals surface area contributed by atoms with Gasteiger partial charge >= 0.3 is 0 Å². The number of guanidine groups is 1. The van der Waals surface area contributed by atoms with Gasteiger partial charge in [-0.3, -0.25) is 14.5 Å². The summed E-state index contributed by atoms with van der Waals surface area (Å²) in [5.41, 5.74) is 7.63. The first-order valence-corrected chi connectivity index (χ1v) is 8.26. The van der Waals surface area contributed by atoms with E-state index in [1.165, 1.54) is 4.90 Å². The van der Waals surface area contributed by atoms with Crippen molar-refractivity contribution in [2.24, 2.45) is 10.7 Å². The molecule has 1 aliphatic heterocycles. The van der Waals surface area contributed by atoms with Crippen LogP contribution in [0, 0.1) is 6.92 Å². The Morgan fingerprint density at radius 1 is 1.27 bits per heavy atom. The quantitative estimate of drug-likeness (QED) is 0.883. The number of aliphatic imine (C=N–C) groups is 1. The number of rotatable bonds is 3. The Kier molecular flexibility index (Phi) is 4.46. The summed E-state index contributed by atoms with van der Waals surface area (Å²) in [7, 11) is 1.60. The largest absolute Gasteiger partial charge is 0.369 e. The van der Waals surface area contributed by atoms with Gasteiger partial charge in [0.25, 0.3) is 5.91 Å². The molecule has 0 saturated carbocycles. The molecule has 7 nitrogen and oxygen atoms in total. The molecular formula is C19H21N5O2. The molecule has 1 aliphatic rings. The van der Waals surface area contributed by atoms with E-state index in [1.54, 1.807) is 25.2 Å². The summed E-state index contributed by atoms with van der Waals surface area (Å²) in [6.45, 7) is 3.69. The van der Waals surface area contributed by atoms with Gasteiger partial charge in [0.1, 0.15) is 5.69 Å². The van der Waals surface area contributed by atoms with Crippen molar-refractivity contribution >= 4 is 23.5 Å². The molecule has 1 unspecified atom stereocenters. The third kappa shape index (κ3) is 3.42. The van der Waals surface area contributed by atoms with Crippen LogP contribution >= 0.6 is 0 Å². The number of carbonyl (C=O) groups excluding carboxylic acids is 2. The highest BCUT2D eigenvalue weighted by Crippen LogP contribution is 2.34. The second-order valence-electron chi connectivity index (χ2n) is 6.57. The molecule has 0 aliphatic carbocycles. The number of nitrogens with zero attached hydrogens (tertiary/aromatic N) is 3. The Hall–Kier alpha value is -3.22. The van der Waals surface area contributed by atoms with Gasteiger partial charge in [0.05, 0.1) is 12.0 Å². The highest BCUT2D eigenvalue weighted by molar-refractivity contribution is 6.03. The fourth-order valence-corrected chi connectivity index (χ4v) is 2.87. The van der Waals surface area contributed by atoms with Crippen molar-refractivity contribution in [3.63, 3.8) is 0 Å². The summed E-state index contributed by atoms with van der Waals surface area (Å²) in [5, 5.41) is 2.84. The molecule has 3 N–H and O–H groups in total. The lowest BCUT2D eigenvalue weighted by Crippen LogP contribution is -2.47. The lowest BCUT2D eigenvalue weighted by Gasteiger charge is -2.33. The average molecular weight is 351 g/mol. The molecule has 3 rings (SSSR count). The van der Waals surface area contributed by atoms with E-state index in [0.717, 1.165) is 11.3 Å². The molecule has 7 heteroatoms. The highest BCUT2D eigenvalue weighted by atomic mass is 16.2. The smallest absolute Gasteiger partial charge is 0.274 e. The summed E-state index contributed by atoms with van der Waals surface area (Å²) in [5.74, 6) is -0.209. The molecule has 0 bridgehead atoms. The van der Waals surface area contributed by atoms with Gasteiger partial charge in [0, 0.05) is 18.4 Å². The molecule has 0 radical (unpaired) electrons. The summed E-state index contributed by atoms with van der Waals surface area (Å²) >= 11 is 0. The normalized spacial score (nSPS) is 19.9. The molecule has 0 spiro atoms. The number of aryl methyl sites for hydroxylation is 1. The Bertz CT molecular complexity index is 908. The second kappa shape index (κ2) is 6.59. The van der Waals surface area contributed by atoms with Gasteiger partial charge in [-0.05, 0) is 43.7 Å². The molecule has 1 aromatic carbocycles. The molecule has 1 atom stereocenters. The van der Waals surface area contributed by atoms with Gasteiger partial charge in [-0.2, -0.15) is 0 Å². The molecule has 26 heavy (non-hydrogen) atoms. The maximum absolute atomic E-state index is 12.4. The molecule has 0 saturated heterocycles. The van der Waals surface area contributed by atoms with E-state index in [2.05, 4.69) is 15.3 Å². The van der Waals surface area contributed by atoms with Crippen LogP contribution in [0.2, 0.25) is 0 Å². The van der Waals surface area contributed by atoms with Gasteiger partial charge in [0.15, 0.2) is 5.96 Å². The number of nitrogens with two attached hydrogens (primary N) is 1. The zero-order chi connectivity index (χ0) is 18.9. The number of hydrogen-bond acceptors (Lipinski definition) is 5. The Balaban J connectivity index is 1.87. The predicted molar refractivity (Wildman–Crippen MR) is 99.7 cm³/mol. The number of benzene rings is 1. The number of hydrogen-bond donors (Lipinski definition) is 2. The van der Waals surface area contributed by atoms with Gasteiger partial charge < -0.3 is 11.1 Å². The van der Waals surface area contributed by atoms with Crippen LogP contribution in [0.5, 0.6) is 0 Å². The topological polar surface area (TPSA) is 101 Å². The lowest BCUT2D eigenvalue weighted by atomic mass is 9.87. The van der Waals surface area contributed by atoms with E-state index in [-0.39, 0.29) is 24.2 Å². The van der Waals surface area contributed by atoms with Crippen molar-refractivity contribution in [3.05, 3.63) is 59.4 Å². The minimum absolute atomic E-state index is 0.0987. The van der Waals surface area contributed by atoms with Crippen LogP contribution in [0.25, 0.3) is 0 Å². The molecule has 2 aromatic rings. The van der Waals surface area contributed by atoms with Crippen LogP contribution in [0.15, 0.2) is 47.5 Å². The molecule has 2 heterocycles. The van der Waals surface area contributed by atoms with Crippen LogP contribution in [0.3, 0.4) is 0 Å². The van der Waals surface area contributed by atoms with Crippen molar-refractivity contribution < 1.29 is 9.59 Å². The van der Waals surface area contributed by atoms with E-state index >= 15 is 0 Å². The minimum atomic E-state index is -0.768. The molecular weight excluding hydrogens is 330 g/mol.